The van der Waals surface area contributed by atoms with Crippen LogP contribution in [0.25, 0.3) is 0 Å². The van der Waals surface area contributed by atoms with Crippen molar-refractivity contribution in [2.75, 3.05) is 13.6 Å². The molecule has 0 amide bonds. The topological polar surface area (TPSA) is 36.4 Å². The minimum absolute atomic E-state index is 0. The Hall–Kier alpha value is -1.70. The first-order valence-corrected chi connectivity index (χ1v) is 7.53. The SMILES string of the molecule is CN=C(NCCc1c(F)cccc1F)NCc1cccc(C)c1.I. The lowest BCUT2D eigenvalue weighted by Gasteiger charge is -2.12. The fraction of sp³-hybridized carbons (Fsp3) is 0.278. The van der Waals surface area contributed by atoms with Crippen molar-refractivity contribution in [2.45, 2.75) is 19.9 Å². The standard InChI is InChI=1S/C18H21F2N3.HI/c1-13-5-3-6-14(11-13)12-23-18(21-2)22-10-9-15-16(19)7-4-8-17(15)20;/h3-8,11H,9-10,12H2,1-2H3,(H2,21,22,23);1H. The third-order valence-electron chi connectivity index (χ3n) is 3.50. The second-order valence-electron chi connectivity index (χ2n) is 5.29. The van der Waals surface area contributed by atoms with Crippen LogP contribution >= 0.6 is 24.0 Å². The Balaban J connectivity index is 0.00000288. The highest BCUT2D eigenvalue weighted by Crippen LogP contribution is 2.12. The van der Waals surface area contributed by atoms with E-state index >= 15 is 0 Å². The van der Waals surface area contributed by atoms with Gasteiger partial charge in [-0.2, -0.15) is 0 Å². The van der Waals surface area contributed by atoms with Crippen LogP contribution in [-0.4, -0.2) is 19.6 Å². The van der Waals surface area contributed by atoms with Crippen LogP contribution in [0.15, 0.2) is 47.5 Å². The number of aryl methyl sites for hydroxylation is 1. The summed E-state index contributed by atoms with van der Waals surface area (Å²) in [5.41, 5.74) is 2.43. The fourth-order valence-corrected chi connectivity index (χ4v) is 2.31. The van der Waals surface area contributed by atoms with E-state index in [1.54, 1.807) is 7.05 Å². The van der Waals surface area contributed by atoms with Gasteiger partial charge in [-0.25, -0.2) is 8.78 Å². The lowest BCUT2D eigenvalue weighted by atomic mass is 10.1. The fourth-order valence-electron chi connectivity index (χ4n) is 2.31. The second-order valence-corrected chi connectivity index (χ2v) is 5.29. The molecule has 0 atom stereocenters. The van der Waals surface area contributed by atoms with Crippen molar-refractivity contribution in [3.8, 4) is 0 Å². The van der Waals surface area contributed by atoms with Gasteiger partial charge in [0.25, 0.3) is 0 Å². The summed E-state index contributed by atoms with van der Waals surface area (Å²) in [6, 6.07) is 12.1. The summed E-state index contributed by atoms with van der Waals surface area (Å²) in [6.45, 7) is 3.07. The van der Waals surface area contributed by atoms with E-state index in [1.807, 2.05) is 25.1 Å². The molecule has 0 fully saturated rings. The molecule has 0 aromatic heterocycles. The molecule has 2 rings (SSSR count). The van der Waals surface area contributed by atoms with Gasteiger partial charge in [-0.05, 0) is 31.0 Å². The number of nitrogens with zero attached hydrogens (tertiary/aromatic N) is 1. The van der Waals surface area contributed by atoms with E-state index in [0.29, 0.717) is 19.0 Å². The van der Waals surface area contributed by atoms with Crippen LogP contribution in [0.5, 0.6) is 0 Å². The lowest BCUT2D eigenvalue weighted by Crippen LogP contribution is -2.38. The Morgan fingerprint density at radius 1 is 1.04 bits per heavy atom. The predicted molar refractivity (Wildman–Crippen MR) is 105 cm³/mol. The van der Waals surface area contributed by atoms with E-state index in [1.165, 1.54) is 23.8 Å². The maximum absolute atomic E-state index is 13.6. The average Bonchev–Trinajstić information content (AvgIpc) is 2.53. The molecule has 130 valence electrons. The van der Waals surface area contributed by atoms with Crippen LogP contribution in [0.4, 0.5) is 8.78 Å². The molecule has 0 spiro atoms. The molecule has 0 radical (unpaired) electrons. The van der Waals surface area contributed by atoms with Crippen molar-refractivity contribution in [3.05, 3.63) is 70.8 Å². The first-order chi connectivity index (χ1) is 11.1. The highest BCUT2D eigenvalue weighted by Gasteiger charge is 2.08. The van der Waals surface area contributed by atoms with Gasteiger partial charge in [-0.15, -0.1) is 24.0 Å². The molecular weight excluding hydrogens is 423 g/mol. The van der Waals surface area contributed by atoms with E-state index in [-0.39, 0.29) is 36.0 Å². The van der Waals surface area contributed by atoms with E-state index in [4.69, 9.17) is 0 Å². The van der Waals surface area contributed by atoms with Crippen molar-refractivity contribution in [3.63, 3.8) is 0 Å². The largest absolute Gasteiger partial charge is 0.356 e. The summed E-state index contributed by atoms with van der Waals surface area (Å²) in [5, 5.41) is 6.24. The van der Waals surface area contributed by atoms with Crippen LogP contribution < -0.4 is 10.6 Å². The number of hydrogen-bond acceptors (Lipinski definition) is 1. The summed E-state index contributed by atoms with van der Waals surface area (Å²) < 4.78 is 27.1. The van der Waals surface area contributed by atoms with Gasteiger partial charge in [0.1, 0.15) is 11.6 Å². The van der Waals surface area contributed by atoms with Gasteiger partial charge < -0.3 is 10.6 Å². The predicted octanol–water partition coefficient (Wildman–Crippen LogP) is 3.80. The first kappa shape index (κ1) is 20.3. The zero-order valence-corrected chi connectivity index (χ0v) is 16.1. The number of guanidine groups is 1. The quantitative estimate of drug-likeness (QED) is 0.418. The Labute approximate surface area is 158 Å². The van der Waals surface area contributed by atoms with Crippen molar-refractivity contribution in [1.82, 2.24) is 10.6 Å². The van der Waals surface area contributed by atoms with Crippen molar-refractivity contribution in [2.24, 2.45) is 4.99 Å². The molecule has 0 aliphatic carbocycles. The number of rotatable bonds is 5. The van der Waals surface area contributed by atoms with Crippen LogP contribution in [0.1, 0.15) is 16.7 Å². The van der Waals surface area contributed by atoms with Gasteiger partial charge in [0.05, 0.1) is 0 Å². The molecule has 0 heterocycles. The third kappa shape index (κ3) is 6.07. The molecular formula is C18H22F2IN3. The molecule has 6 heteroatoms. The smallest absolute Gasteiger partial charge is 0.191 e. The van der Waals surface area contributed by atoms with E-state index in [2.05, 4.69) is 21.7 Å². The molecule has 0 saturated heterocycles. The van der Waals surface area contributed by atoms with Gasteiger partial charge in [-0.3, -0.25) is 4.99 Å². The zero-order chi connectivity index (χ0) is 16.7. The van der Waals surface area contributed by atoms with Crippen molar-refractivity contribution >= 4 is 29.9 Å². The summed E-state index contributed by atoms with van der Waals surface area (Å²) in [5.74, 6) is -0.438. The zero-order valence-electron chi connectivity index (χ0n) is 13.8. The molecule has 0 aliphatic heterocycles. The molecule has 0 unspecified atom stereocenters. The highest BCUT2D eigenvalue weighted by atomic mass is 127. The Bertz CT molecular complexity index is 669. The third-order valence-corrected chi connectivity index (χ3v) is 3.50. The molecule has 2 aromatic carbocycles. The molecule has 0 aliphatic rings. The summed E-state index contributed by atoms with van der Waals surface area (Å²) in [6.07, 6.45) is 0.254. The normalized spacial score (nSPS) is 10.9. The second kappa shape index (κ2) is 10.2. The Kier molecular flexibility index (Phi) is 8.67. The first-order valence-electron chi connectivity index (χ1n) is 7.53. The van der Waals surface area contributed by atoms with Crippen LogP contribution in [0.2, 0.25) is 0 Å². The Morgan fingerprint density at radius 3 is 2.33 bits per heavy atom. The molecule has 0 bridgehead atoms. The van der Waals surface area contributed by atoms with Crippen molar-refractivity contribution in [1.29, 1.82) is 0 Å². The van der Waals surface area contributed by atoms with E-state index < -0.39 is 11.6 Å². The highest BCUT2D eigenvalue weighted by molar-refractivity contribution is 14.0. The van der Waals surface area contributed by atoms with Crippen LogP contribution in [0, 0.1) is 18.6 Å². The van der Waals surface area contributed by atoms with Gasteiger partial charge in [0.15, 0.2) is 5.96 Å². The van der Waals surface area contributed by atoms with Crippen molar-refractivity contribution < 1.29 is 8.78 Å². The molecule has 2 N–H and O–H groups in total. The Morgan fingerprint density at radius 2 is 1.71 bits per heavy atom. The summed E-state index contributed by atoms with van der Waals surface area (Å²) in [4.78, 5) is 4.11. The number of nitrogens with one attached hydrogen (secondary N) is 2. The van der Waals surface area contributed by atoms with Crippen LogP contribution in [0.3, 0.4) is 0 Å². The van der Waals surface area contributed by atoms with Crippen LogP contribution in [-0.2, 0) is 13.0 Å². The van der Waals surface area contributed by atoms with Gasteiger partial charge in [0.2, 0.25) is 0 Å². The monoisotopic (exact) mass is 445 g/mol. The molecule has 2 aromatic rings. The number of benzene rings is 2. The summed E-state index contributed by atoms with van der Waals surface area (Å²) >= 11 is 0. The average molecular weight is 445 g/mol. The maximum atomic E-state index is 13.6. The van der Waals surface area contributed by atoms with Gasteiger partial charge >= 0.3 is 0 Å². The summed E-state index contributed by atoms with van der Waals surface area (Å²) in [7, 11) is 1.66. The molecule has 3 nitrogen and oxygen atoms in total. The number of hydrogen-bond donors (Lipinski definition) is 2. The van der Waals surface area contributed by atoms with E-state index in [9.17, 15) is 8.78 Å². The number of halogens is 3. The minimum atomic E-state index is -0.519. The van der Waals surface area contributed by atoms with Gasteiger partial charge in [-0.1, -0.05) is 35.9 Å². The molecule has 0 saturated carbocycles. The van der Waals surface area contributed by atoms with E-state index in [0.717, 1.165) is 5.56 Å². The lowest BCUT2D eigenvalue weighted by molar-refractivity contribution is 0.553. The number of aliphatic imine (C=N–C) groups is 1. The molecule has 24 heavy (non-hydrogen) atoms. The maximum Gasteiger partial charge on any atom is 0.191 e. The minimum Gasteiger partial charge on any atom is -0.356 e. The van der Waals surface area contributed by atoms with Gasteiger partial charge in [0, 0.05) is 25.7 Å².